The molecule has 1 aromatic heterocycles. The largest absolute Gasteiger partial charge is 0.391 e. The van der Waals surface area contributed by atoms with Crippen molar-refractivity contribution in [2.75, 3.05) is 0 Å². The van der Waals surface area contributed by atoms with E-state index >= 15 is 0 Å². The molecule has 1 aromatic rings. The predicted octanol–water partition coefficient (Wildman–Crippen LogP) is 1.25. The Bertz CT molecular complexity index is 394. The van der Waals surface area contributed by atoms with Crippen LogP contribution in [0.15, 0.2) is 18.3 Å². The quantitative estimate of drug-likeness (QED) is 0.762. The molecule has 0 aromatic carbocycles. The van der Waals surface area contributed by atoms with Gasteiger partial charge >= 0.3 is 0 Å². The highest BCUT2D eigenvalue weighted by Crippen LogP contribution is 2.18. The first-order valence-electron chi connectivity index (χ1n) is 5.77. The van der Waals surface area contributed by atoms with Crippen LogP contribution in [0, 0.1) is 5.95 Å². The number of carbonyl (C=O) groups is 1. The molecule has 1 amide bonds. The molecule has 2 atom stereocenters. The lowest BCUT2D eigenvalue weighted by Crippen LogP contribution is -2.45. The molecule has 0 bridgehead atoms. The minimum Gasteiger partial charge on any atom is -0.391 e. The first-order chi connectivity index (χ1) is 8.16. The lowest BCUT2D eigenvalue weighted by Gasteiger charge is -2.28. The van der Waals surface area contributed by atoms with Crippen LogP contribution in [0.4, 0.5) is 4.39 Å². The van der Waals surface area contributed by atoms with Gasteiger partial charge in [0.1, 0.15) is 0 Å². The molecule has 0 unspecified atom stereocenters. The summed E-state index contributed by atoms with van der Waals surface area (Å²) in [6, 6.07) is 2.32. The monoisotopic (exact) mass is 238 g/mol. The third kappa shape index (κ3) is 3.00. The molecule has 0 aliphatic heterocycles. The van der Waals surface area contributed by atoms with Crippen LogP contribution in [0.25, 0.3) is 0 Å². The second-order valence-corrected chi connectivity index (χ2v) is 4.30. The minimum absolute atomic E-state index is 0.207. The lowest BCUT2D eigenvalue weighted by molar-refractivity contribution is 0.0717. The van der Waals surface area contributed by atoms with E-state index in [-0.39, 0.29) is 11.9 Å². The van der Waals surface area contributed by atoms with Crippen molar-refractivity contribution >= 4 is 5.91 Å². The number of halogens is 1. The second kappa shape index (κ2) is 5.23. The third-order valence-electron chi connectivity index (χ3n) is 3.04. The maximum Gasteiger partial charge on any atom is 0.253 e. The van der Waals surface area contributed by atoms with E-state index in [0.717, 1.165) is 25.3 Å². The molecule has 0 radical (unpaired) electrons. The SMILES string of the molecule is O=C(N[C@@H]1CCCC[C@H]1O)c1ccc(F)nc1. The van der Waals surface area contributed by atoms with E-state index in [4.69, 9.17) is 0 Å². The average Bonchev–Trinajstić information content (AvgIpc) is 2.33. The number of hydrogen-bond acceptors (Lipinski definition) is 3. The molecule has 2 rings (SSSR count). The zero-order chi connectivity index (χ0) is 12.3. The summed E-state index contributed by atoms with van der Waals surface area (Å²) in [5, 5.41) is 12.5. The summed E-state index contributed by atoms with van der Waals surface area (Å²) in [4.78, 5) is 15.2. The molecule has 4 nitrogen and oxygen atoms in total. The second-order valence-electron chi connectivity index (χ2n) is 4.30. The Hall–Kier alpha value is -1.49. The van der Waals surface area contributed by atoms with E-state index in [9.17, 15) is 14.3 Å². The number of pyridine rings is 1. The molecule has 1 aliphatic rings. The van der Waals surface area contributed by atoms with E-state index in [0.29, 0.717) is 12.0 Å². The molecule has 17 heavy (non-hydrogen) atoms. The smallest absolute Gasteiger partial charge is 0.253 e. The minimum atomic E-state index is -0.612. The Morgan fingerprint density at radius 1 is 1.41 bits per heavy atom. The molecular weight excluding hydrogens is 223 g/mol. The van der Waals surface area contributed by atoms with E-state index in [1.54, 1.807) is 0 Å². The lowest BCUT2D eigenvalue weighted by atomic mass is 9.92. The van der Waals surface area contributed by atoms with E-state index < -0.39 is 12.1 Å². The average molecular weight is 238 g/mol. The number of nitrogens with zero attached hydrogens (tertiary/aromatic N) is 1. The van der Waals surface area contributed by atoms with Crippen LogP contribution in [0.3, 0.4) is 0 Å². The summed E-state index contributed by atoms with van der Waals surface area (Å²) in [6.07, 6.45) is 4.20. The summed E-state index contributed by atoms with van der Waals surface area (Å²) in [5.74, 6) is -0.928. The molecule has 1 heterocycles. The van der Waals surface area contributed by atoms with Crippen molar-refractivity contribution in [3.05, 3.63) is 29.8 Å². The number of carbonyl (C=O) groups excluding carboxylic acids is 1. The Balaban J connectivity index is 1.98. The van der Waals surface area contributed by atoms with Gasteiger partial charge in [0.15, 0.2) is 0 Å². The topological polar surface area (TPSA) is 62.2 Å². The normalized spacial score (nSPS) is 24.4. The van der Waals surface area contributed by atoms with Crippen molar-refractivity contribution in [1.29, 1.82) is 0 Å². The molecule has 0 spiro atoms. The van der Waals surface area contributed by atoms with Gasteiger partial charge in [0.25, 0.3) is 5.91 Å². The molecule has 1 saturated carbocycles. The number of rotatable bonds is 2. The van der Waals surface area contributed by atoms with Crippen molar-refractivity contribution < 1.29 is 14.3 Å². The Kier molecular flexibility index (Phi) is 3.68. The maximum absolute atomic E-state index is 12.6. The van der Waals surface area contributed by atoms with Crippen LogP contribution in [-0.4, -0.2) is 28.1 Å². The standard InChI is InChI=1S/C12H15FN2O2/c13-11-6-5-8(7-14-11)12(17)15-9-3-1-2-4-10(9)16/h5-7,9-10,16H,1-4H2,(H,15,17)/t9-,10-/m1/s1. The number of nitrogens with one attached hydrogen (secondary N) is 1. The van der Waals surface area contributed by atoms with Crippen molar-refractivity contribution in [3.63, 3.8) is 0 Å². The zero-order valence-electron chi connectivity index (χ0n) is 9.40. The van der Waals surface area contributed by atoms with Crippen LogP contribution in [0.2, 0.25) is 0 Å². The Morgan fingerprint density at radius 2 is 2.18 bits per heavy atom. The fraction of sp³-hybridized carbons (Fsp3) is 0.500. The van der Waals surface area contributed by atoms with Crippen LogP contribution < -0.4 is 5.32 Å². The van der Waals surface area contributed by atoms with E-state index in [1.807, 2.05) is 0 Å². The maximum atomic E-state index is 12.6. The number of aromatic nitrogens is 1. The summed E-state index contributed by atoms with van der Waals surface area (Å²) >= 11 is 0. The van der Waals surface area contributed by atoms with Crippen molar-refractivity contribution in [1.82, 2.24) is 10.3 Å². The van der Waals surface area contributed by atoms with Gasteiger partial charge in [-0.05, 0) is 25.0 Å². The van der Waals surface area contributed by atoms with Gasteiger partial charge in [-0.3, -0.25) is 4.79 Å². The molecule has 92 valence electrons. The van der Waals surface area contributed by atoms with Crippen LogP contribution in [0.5, 0.6) is 0 Å². The van der Waals surface area contributed by atoms with Crippen LogP contribution in [0.1, 0.15) is 36.0 Å². The van der Waals surface area contributed by atoms with Gasteiger partial charge in [-0.1, -0.05) is 12.8 Å². The number of aliphatic hydroxyl groups excluding tert-OH is 1. The molecule has 5 heteroatoms. The van der Waals surface area contributed by atoms with Crippen LogP contribution >= 0.6 is 0 Å². The van der Waals surface area contributed by atoms with Crippen molar-refractivity contribution in [2.45, 2.75) is 37.8 Å². The fourth-order valence-corrected chi connectivity index (χ4v) is 2.04. The molecule has 1 fully saturated rings. The van der Waals surface area contributed by atoms with E-state index in [1.165, 1.54) is 12.3 Å². The van der Waals surface area contributed by atoms with Gasteiger partial charge in [0.05, 0.1) is 17.7 Å². The first kappa shape index (κ1) is 12.0. The Labute approximate surface area is 98.9 Å². The van der Waals surface area contributed by atoms with Gasteiger partial charge < -0.3 is 10.4 Å². The highest BCUT2D eigenvalue weighted by atomic mass is 19.1. The van der Waals surface area contributed by atoms with Gasteiger partial charge in [-0.25, -0.2) is 4.98 Å². The summed E-state index contributed by atoms with van der Waals surface area (Å²) in [7, 11) is 0. The highest BCUT2D eigenvalue weighted by molar-refractivity contribution is 5.94. The van der Waals surface area contributed by atoms with E-state index in [2.05, 4.69) is 10.3 Å². The molecule has 2 N–H and O–H groups in total. The van der Waals surface area contributed by atoms with Crippen molar-refractivity contribution in [2.24, 2.45) is 0 Å². The van der Waals surface area contributed by atoms with Gasteiger partial charge in [-0.15, -0.1) is 0 Å². The molecule has 1 aliphatic carbocycles. The molecular formula is C12H15FN2O2. The highest BCUT2D eigenvalue weighted by Gasteiger charge is 2.24. The molecule has 0 saturated heterocycles. The Morgan fingerprint density at radius 3 is 2.82 bits per heavy atom. The van der Waals surface area contributed by atoms with Gasteiger partial charge in [0, 0.05) is 6.20 Å². The summed E-state index contributed by atoms with van der Waals surface area (Å²) < 4.78 is 12.6. The summed E-state index contributed by atoms with van der Waals surface area (Å²) in [5.41, 5.74) is 0.309. The number of aliphatic hydroxyl groups is 1. The number of amides is 1. The number of hydrogen-bond donors (Lipinski definition) is 2. The summed E-state index contributed by atoms with van der Waals surface area (Å²) in [6.45, 7) is 0. The van der Waals surface area contributed by atoms with Gasteiger partial charge in [0.2, 0.25) is 5.95 Å². The van der Waals surface area contributed by atoms with Crippen LogP contribution in [-0.2, 0) is 0 Å². The predicted molar refractivity (Wildman–Crippen MR) is 59.9 cm³/mol. The zero-order valence-corrected chi connectivity index (χ0v) is 9.40. The first-order valence-corrected chi connectivity index (χ1v) is 5.77. The third-order valence-corrected chi connectivity index (χ3v) is 3.04. The van der Waals surface area contributed by atoms with Gasteiger partial charge in [-0.2, -0.15) is 4.39 Å². The van der Waals surface area contributed by atoms with Crippen molar-refractivity contribution in [3.8, 4) is 0 Å². The fourth-order valence-electron chi connectivity index (χ4n) is 2.04.